The molecular weight excluding hydrogens is 202 g/mol. The molecule has 0 aliphatic rings. The summed E-state index contributed by atoms with van der Waals surface area (Å²) in [7, 11) is 3.41. The summed E-state index contributed by atoms with van der Waals surface area (Å²) in [6.45, 7) is 0. The summed E-state index contributed by atoms with van der Waals surface area (Å²) < 4.78 is 25.7. The molecule has 0 atom stereocenters. The van der Waals surface area contributed by atoms with E-state index in [2.05, 4.69) is 4.98 Å². The number of hydrogen-bond donors (Lipinski definition) is 0. The van der Waals surface area contributed by atoms with Crippen molar-refractivity contribution in [1.29, 1.82) is 0 Å². The fraction of sp³-hybridized carbons (Fsp3) is 0.200. The minimum absolute atomic E-state index is 0.506. The van der Waals surface area contributed by atoms with Gasteiger partial charge in [0.05, 0.1) is 0 Å². The van der Waals surface area contributed by atoms with E-state index in [1.165, 1.54) is 6.20 Å². The fourth-order valence-electron chi connectivity index (χ4n) is 0.887. The van der Waals surface area contributed by atoms with E-state index in [9.17, 15) is 13.6 Å². The van der Waals surface area contributed by atoms with Gasteiger partial charge in [-0.2, -0.15) is 4.39 Å². The summed E-state index contributed by atoms with van der Waals surface area (Å²) in [6.07, 6.45) is 2.57. The van der Waals surface area contributed by atoms with Crippen molar-refractivity contribution in [1.82, 2.24) is 9.88 Å². The molecule has 0 aliphatic heterocycles. The van der Waals surface area contributed by atoms with Gasteiger partial charge in [-0.1, -0.05) is 0 Å². The van der Waals surface area contributed by atoms with Crippen LogP contribution in [0.3, 0.4) is 0 Å². The van der Waals surface area contributed by atoms with Crippen molar-refractivity contribution >= 4 is 5.78 Å². The predicted octanol–water partition coefficient (Wildman–Crippen LogP) is 1.62. The van der Waals surface area contributed by atoms with Crippen molar-refractivity contribution in [2.45, 2.75) is 0 Å². The third-order valence-electron chi connectivity index (χ3n) is 1.57. The van der Waals surface area contributed by atoms with Crippen LogP contribution in [0.2, 0.25) is 0 Å². The Hall–Kier alpha value is -1.78. The molecule has 0 saturated heterocycles. The predicted molar refractivity (Wildman–Crippen MR) is 51.3 cm³/mol. The maximum atomic E-state index is 13.0. The Bertz CT molecular complexity index is 402. The Balaban J connectivity index is 2.96. The summed E-state index contributed by atoms with van der Waals surface area (Å²) in [6, 6.07) is 1.74. The van der Waals surface area contributed by atoms with Crippen LogP contribution in [0.1, 0.15) is 10.5 Å². The van der Waals surface area contributed by atoms with Crippen LogP contribution in [-0.4, -0.2) is 29.8 Å². The highest BCUT2D eigenvalue weighted by Crippen LogP contribution is 2.06. The average molecular weight is 212 g/mol. The molecule has 0 amide bonds. The molecule has 5 heteroatoms. The van der Waals surface area contributed by atoms with Gasteiger partial charge in [0, 0.05) is 26.4 Å². The van der Waals surface area contributed by atoms with Crippen LogP contribution < -0.4 is 0 Å². The lowest BCUT2D eigenvalue weighted by atomic mass is 10.2. The first kappa shape index (κ1) is 11.3. The second kappa shape index (κ2) is 4.63. The lowest BCUT2D eigenvalue weighted by molar-refractivity contribution is 0.103. The lowest BCUT2D eigenvalue weighted by Crippen LogP contribution is -2.07. The van der Waals surface area contributed by atoms with E-state index in [4.69, 9.17) is 0 Å². The molecule has 0 aromatic carbocycles. The Morgan fingerprint density at radius 1 is 1.40 bits per heavy atom. The quantitative estimate of drug-likeness (QED) is 0.433. The molecule has 80 valence electrons. The van der Waals surface area contributed by atoms with Gasteiger partial charge in [0.1, 0.15) is 5.69 Å². The highest BCUT2D eigenvalue weighted by Gasteiger charge is 2.11. The molecule has 0 bridgehead atoms. The number of carbonyl (C=O) groups excluding carboxylic acids is 1. The average Bonchev–Trinajstić information content (AvgIpc) is 2.18. The zero-order valence-electron chi connectivity index (χ0n) is 8.37. The van der Waals surface area contributed by atoms with E-state index < -0.39 is 23.2 Å². The molecule has 0 unspecified atom stereocenters. The van der Waals surface area contributed by atoms with Crippen LogP contribution in [0, 0.1) is 11.8 Å². The largest absolute Gasteiger partial charge is 0.383 e. The standard InChI is InChI=1S/C10H10F2N2O/c1-14(2)6-5-8(15)10-7(11)3-4-9(12)13-10/h3-6H,1-2H3/b6-5+. The minimum atomic E-state index is -0.877. The molecule has 0 N–H and O–H groups in total. The summed E-state index contributed by atoms with van der Waals surface area (Å²) in [4.78, 5) is 16.1. The minimum Gasteiger partial charge on any atom is -0.383 e. The van der Waals surface area contributed by atoms with Crippen molar-refractivity contribution in [3.63, 3.8) is 0 Å². The summed E-state index contributed by atoms with van der Waals surface area (Å²) >= 11 is 0. The van der Waals surface area contributed by atoms with Gasteiger partial charge >= 0.3 is 0 Å². The summed E-state index contributed by atoms with van der Waals surface area (Å²) in [5.74, 6) is -2.37. The highest BCUT2D eigenvalue weighted by molar-refractivity contribution is 6.03. The van der Waals surface area contributed by atoms with Crippen molar-refractivity contribution in [3.8, 4) is 0 Å². The van der Waals surface area contributed by atoms with Crippen LogP contribution in [-0.2, 0) is 0 Å². The normalized spacial score (nSPS) is 10.7. The van der Waals surface area contributed by atoms with Gasteiger partial charge in [-0.05, 0) is 12.1 Å². The monoisotopic (exact) mass is 212 g/mol. The number of hydrogen-bond acceptors (Lipinski definition) is 3. The first-order valence-electron chi connectivity index (χ1n) is 4.21. The van der Waals surface area contributed by atoms with E-state index in [1.807, 2.05) is 0 Å². The topological polar surface area (TPSA) is 33.2 Å². The van der Waals surface area contributed by atoms with E-state index >= 15 is 0 Å². The molecule has 0 aliphatic carbocycles. The smallest absolute Gasteiger partial charge is 0.213 e. The van der Waals surface area contributed by atoms with Gasteiger partial charge in [-0.3, -0.25) is 4.79 Å². The van der Waals surface area contributed by atoms with E-state index in [-0.39, 0.29) is 0 Å². The lowest BCUT2D eigenvalue weighted by Gasteiger charge is -2.02. The molecular formula is C10H10F2N2O. The second-order valence-electron chi connectivity index (χ2n) is 3.11. The molecule has 1 heterocycles. The Morgan fingerprint density at radius 2 is 2.07 bits per heavy atom. The number of allylic oxidation sites excluding steroid dienone is 1. The van der Waals surface area contributed by atoms with Gasteiger partial charge in [0.2, 0.25) is 11.7 Å². The number of aromatic nitrogens is 1. The van der Waals surface area contributed by atoms with Crippen molar-refractivity contribution in [2.75, 3.05) is 14.1 Å². The first-order valence-corrected chi connectivity index (χ1v) is 4.21. The van der Waals surface area contributed by atoms with Crippen LogP contribution in [0.15, 0.2) is 24.4 Å². The third-order valence-corrected chi connectivity index (χ3v) is 1.57. The van der Waals surface area contributed by atoms with Crippen LogP contribution in [0.5, 0.6) is 0 Å². The zero-order valence-corrected chi connectivity index (χ0v) is 8.37. The van der Waals surface area contributed by atoms with Crippen LogP contribution in [0.4, 0.5) is 8.78 Å². The molecule has 0 fully saturated rings. The van der Waals surface area contributed by atoms with Gasteiger partial charge in [-0.25, -0.2) is 9.37 Å². The highest BCUT2D eigenvalue weighted by atomic mass is 19.1. The van der Waals surface area contributed by atoms with E-state index in [0.29, 0.717) is 0 Å². The first-order chi connectivity index (χ1) is 7.00. The zero-order chi connectivity index (χ0) is 11.4. The second-order valence-corrected chi connectivity index (χ2v) is 3.11. The molecule has 0 spiro atoms. The maximum absolute atomic E-state index is 13.0. The number of carbonyl (C=O) groups is 1. The fourth-order valence-corrected chi connectivity index (χ4v) is 0.887. The molecule has 1 aromatic heterocycles. The van der Waals surface area contributed by atoms with E-state index in [1.54, 1.807) is 19.0 Å². The number of ketones is 1. The van der Waals surface area contributed by atoms with Crippen LogP contribution in [0.25, 0.3) is 0 Å². The molecule has 1 aromatic rings. The number of nitrogens with zero attached hydrogens (tertiary/aromatic N) is 2. The van der Waals surface area contributed by atoms with Crippen LogP contribution >= 0.6 is 0 Å². The molecule has 0 saturated carbocycles. The van der Waals surface area contributed by atoms with Crippen molar-refractivity contribution in [3.05, 3.63) is 41.9 Å². The van der Waals surface area contributed by atoms with E-state index in [0.717, 1.165) is 18.2 Å². The Kier molecular flexibility index (Phi) is 3.49. The van der Waals surface area contributed by atoms with Gasteiger partial charge in [0.25, 0.3) is 0 Å². The SMILES string of the molecule is CN(C)/C=C/C(=O)c1nc(F)ccc1F. The maximum Gasteiger partial charge on any atom is 0.213 e. The number of rotatable bonds is 3. The summed E-state index contributed by atoms with van der Waals surface area (Å²) in [5, 5.41) is 0. The molecule has 0 radical (unpaired) electrons. The summed E-state index contributed by atoms with van der Waals surface area (Å²) in [5.41, 5.74) is -0.506. The molecule has 3 nitrogen and oxygen atoms in total. The molecule has 1 rings (SSSR count). The molecule has 15 heavy (non-hydrogen) atoms. The van der Waals surface area contributed by atoms with Crippen molar-refractivity contribution in [2.24, 2.45) is 0 Å². The Labute approximate surface area is 86.0 Å². The van der Waals surface area contributed by atoms with Crippen molar-refractivity contribution < 1.29 is 13.6 Å². The number of pyridine rings is 1. The van der Waals surface area contributed by atoms with Gasteiger partial charge in [-0.15, -0.1) is 0 Å². The van der Waals surface area contributed by atoms with Gasteiger partial charge in [0.15, 0.2) is 5.82 Å². The number of halogens is 2. The Morgan fingerprint density at radius 3 is 2.67 bits per heavy atom. The third kappa shape index (κ3) is 3.12. The van der Waals surface area contributed by atoms with Gasteiger partial charge < -0.3 is 4.90 Å².